The molecule has 31 heavy (non-hydrogen) atoms. The summed E-state index contributed by atoms with van der Waals surface area (Å²) in [5.74, 6) is -0.158. The fourth-order valence-electron chi connectivity index (χ4n) is 2.67. The Hall–Kier alpha value is -3.30. The summed E-state index contributed by atoms with van der Waals surface area (Å²) in [7, 11) is -1.09. The standard InChI is InChI=1S/C21H18ClFN2O5S/c1-29-15-6-10-20(30-2)19(12-15)24-21(26)13-3-9-17(22)18(11-13)25-31(27,28)16-7-4-14(23)5-8-16/h3-12,25H,1-2H3,(H,24,26). The monoisotopic (exact) mass is 464 g/mol. The molecule has 0 saturated carbocycles. The highest BCUT2D eigenvalue weighted by atomic mass is 35.5. The van der Waals surface area contributed by atoms with Gasteiger partial charge in [-0.2, -0.15) is 0 Å². The van der Waals surface area contributed by atoms with Crippen molar-refractivity contribution < 1.29 is 27.1 Å². The number of ether oxygens (including phenoxy) is 2. The third kappa shape index (κ3) is 5.25. The van der Waals surface area contributed by atoms with E-state index < -0.39 is 21.7 Å². The first-order chi connectivity index (χ1) is 14.7. The topological polar surface area (TPSA) is 93.7 Å². The third-order valence-corrected chi connectivity index (χ3v) is 5.96. The fraction of sp³-hybridized carbons (Fsp3) is 0.0952. The molecule has 2 N–H and O–H groups in total. The molecule has 0 aromatic heterocycles. The Bertz CT molecular complexity index is 1220. The Labute approximate surface area is 183 Å². The number of sulfonamides is 1. The van der Waals surface area contributed by atoms with E-state index in [4.69, 9.17) is 21.1 Å². The average molecular weight is 465 g/mol. The minimum absolute atomic E-state index is 0.00347. The van der Waals surface area contributed by atoms with Crippen molar-refractivity contribution >= 4 is 38.9 Å². The number of anilines is 2. The number of methoxy groups -OCH3 is 2. The van der Waals surface area contributed by atoms with Gasteiger partial charge in [0.25, 0.3) is 15.9 Å². The Morgan fingerprint density at radius 2 is 1.65 bits per heavy atom. The van der Waals surface area contributed by atoms with Crippen molar-refractivity contribution in [3.63, 3.8) is 0 Å². The number of hydrogen-bond donors (Lipinski definition) is 2. The minimum atomic E-state index is -4.04. The van der Waals surface area contributed by atoms with Crippen LogP contribution >= 0.6 is 11.6 Å². The Morgan fingerprint density at radius 3 is 2.29 bits per heavy atom. The van der Waals surface area contributed by atoms with Crippen LogP contribution in [0.2, 0.25) is 5.02 Å². The van der Waals surface area contributed by atoms with Gasteiger partial charge in [0.2, 0.25) is 0 Å². The summed E-state index contributed by atoms with van der Waals surface area (Å²) in [5, 5.41) is 2.78. The summed E-state index contributed by atoms with van der Waals surface area (Å²) >= 11 is 6.11. The first-order valence-corrected chi connectivity index (χ1v) is 10.7. The molecule has 7 nitrogen and oxygen atoms in total. The van der Waals surface area contributed by atoms with Gasteiger partial charge in [-0.3, -0.25) is 9.52 Å². The zero-order valence-corrected chi connectivity index (χ0v) is 18.1. The van der Waals surface area contributed by atoms with E-state index in [-0.39, 0.29) is 21.2 Å². The number of rotatable bonds is 7. The van der Waals surface area contributed by atoms with Crippen molar-refractivity contribution in [3.05, 3.63) is 77.1 Å². The van der Waals surface area contributed by atoms with E-state index in [0.29, 0.717) is 17.2 Å². The van der Waals surface area contributed by atoms with Crippen LogP contribution in [-0.4, -0.2) is 28.5 Å². The predicted molar refractivity (Wildman–Crippen MR) is 116 cm³/mol. The molecule has 0 saturated heterocycles. The zero-order valence-electron chi connectivity index (χ0n) is 16.5. The SMILES string of the molecule is COc1ccc(OC)c(NC(=O)c2ccc(Cl)c(NS(=O)(=O)c3ccc(F)cc3)c2)c1. The van der Waals surface area contributed by atoms with E-state index in [1.807, 2.05) is 0 Å². The quantitative estimate of drug-likeness (QED) is 0.535. The highest BCUT2D eigenvalue weighted by Crippen LogP contribution is 2.30. The number of amides is 1. The van der Waals surface area contributed by atoms with E-state index in [1.165, 1.54) is 32.4 Å². The van der Waals surface area contributed by atoms with Crippen LogP contribution in [-0.2, 0) is 10.0 Å². The minimum Gasteiger partial charge on any atom is -0.497 e. The molecule has 1 amide bonds. The molecule has 0 fully saturated rings. The lowest BCUT2D eigenvalue weighted by atomic mass is 10.2. The molecule has 0 atom stereocenters. The number of hydrogen-bond acceptors (Lipinski definition) is 5. The lowest BCUT2D eigenvalue weighted by Gasteiger charge is -2.13. The van der Waals surface area contributed by atoms with Gasteiger partial charge in [-0.05, 0) is 54.6 Å². The number of benzene rings is 3. The maximum absolute atomic E-state index is 13.1. The van der Waals surface area contributed by atoms with Crippen LogP contribution in [0.1, 0.15) is 10.4 Å². The molecule has 0 aliphatic rings. The lowest BCUT2D eigenvalue weighted by molar-refractivity contribution is 0.102. The van der Waals surface area contributed by atoms with E-state index in [2.05, 4.69) is 10.0 Å². The Kier molecular flexibility index (Phi) is 6.67. The van der Waals surface area contributed by atoms with E-state index in [9.17, 15) is 17.6 Å². The van der Waals surface area contributed by atoms with Gasteiger partial charge in [-0.25, -0.2) is 12.8 Å². The molecule has 3 rings (SSSR count). The molecule has 0 heterocycles. The second-order valence-corrected chi connectivity index (χ2v) is 8.36. The largest absolute Gasteiger partial charge is 0.497 e. The molecule has 0 aliphatic heterocycles. The van der Waals surface area contributed by atoms with E-state index in [0.717, 1.165) is 24.3 Å². The lowest BCUT2D eigenvalue weighted by Crippen LogP contribution is -2.16. The van der Waals surface area contributed by atoms with Gasteiger partial charge >= 0.3 is 0 Å². The van der Waals surface area contributed by atoms with Gasteiger partial charge in [0.05, 0.1) is 35.5 Å². The first kappa shape index (κ1) is 22.4. The van der Waals surface area contributed by atoms with Crippen molar-refractivity contribution in [2.24, 2.45) is 0 Å². The third-order valence-electron chi connectivity index (χ3n) is 4.25. The Morgan fingerprint density at radius 1 is 0.935 bits per heavy atom. The number of carbonyl (C=O) groups excluding carboxylic acids is 1. The molecular formula is C21H18ClFN2O5S. The molecule has 0 unspecified atom stereocenters. The van der Waals surface area contributed by atoms with Gasteiger partial charge < -0.3 is 14.8 Å². The van der Waals surface area contributed by atoms with Gasteiger partial charge in [-0.1, -0.05) is 11.6 Å². The average Bonchev–Trinajstić information content (AvgIpc) is 2.75. The van der Waals surface area contributed by atoms with Crippen LogP contribution in [0.4, 0.5) is 15.8 Å². The molecule has 10 heteroatoms. The summed E-state index contributed by atoms with van der Waals surface area (Å²) in [6.07, 6.45) is 0. The highest BCUT2D eigenvalue weighted by molar-refractivity contribution is 7.92. The Balaban J connectivity index is 1.87. The highest BCUT2D eigenvalue weighted by Gasteiger charge is 2.18. The van der Waals surface area contributed by atoms with E-state index >= 15 is 0 Å². The zero-order chi connectivity index (χ0) is 22.6. The summed E-state index contributed by atoms with van der Waals surface area (Å²) in [4.78, 5) is 12.6. The summed E-state index contributed by atoms with van der Waals surface area (Å²) in [6.45, 7) is 0. The van der Waals surface area contributed by atoms with Crippen molar-refractivity contribution in [1.29, 1.82) is 0 Å². The number of nitrogens with one attached hydrogen (secondary N) is 2. The van der Waals surface area contributed by atoms with Crippen LogP contribution in [0, 0.1) is 5.82 Å². The smallest absolute Gasteiger partial charge is 0.261 e. The van der Waals surface area contributed by atoms with Crippen LogP contribution in [0.5, 0.6) is 11.5 Å². The van der Waals surface area contributed by atoms with Crippen molar-refractivity contribution in [1.82, 2.24) is 0 Å². The summed E-state index contributed by atoms with van der Waals surface area (Å²) in [5.41, 5.74) is 0.512. The predicted octanol–water partition coefficient (Wildman–Crippen LogP) is 4.55. The van der Waals surface area contributed by atoms with Crippen LogP contribution in [0.3, 0.4) is 0 Å². The van der Waals surface area contributed by atoms with Crippen LogP contribution in [0.15, 0.2) is 65.6 Å². The second kappa shape index (κ2) is 9.23. The van der Waals surface area contributed by atoms with Gasteiger partial charge in [0.1, 0.15) is 17.3 Å². The molecule has 0 radical (unpaired) electrons. The normalized spacial score (nSPS) is 11.0. The molecular weight excluding hydrogens is 447 g/mol. The number of halogens is 2. The molecule has 162 valence electrons. The van der Waals surface area contributed by atoms with Gasteiger partial charge in [-0.15, -0.1) is 0 Å². The van der Waals surface area contributed by atoms with Crippen molar-refractivity contribution in [2.75, 3.05) is 24.3 Å². The summed E-state index contributed by atoms with van der Waals surface area (Å²) in [6, 6.07) is 13.3. The van der Waals surface area contributed by atoms with Gasteiger partial charge in [0.15, 0.2) is 0 Å². The van der Waals surface area contributed by atoms with Crippen LogP contribution in [0.25, 0.3) is 0 Å². The van der Waals surface area contributed by atoms with Crippen molar-refractivity contribution in [3.8, 4) is 11.5 Å². The molecule has 3 aromatic carbocycles. The molecule has 0 bridgehead atoms. The molecule has 3 aromatic rings. The fourth-order valence-corrected chi connectivity index (χ4v) is 3.96. The molecule has 0 spiro atoms. The summed E-state index contributed by atoms with van der Waals surface area (Å²) < 4.78 is 50.9. The number of carbonyl (C=O) groups is 1. The second-order valence-electron chi connectivity index (χ2n) is 6.27. The molecule has 0 aliphatic carbocycles. The maximum Gasteiger partial charge on any atom is 0.261 e. The van der Waals surface area contributed by atoms with Gasteiger partial charge in [0, 0.05) is 11.6 Å². The van der Waals surface area contributed by atoms with E-state index in [1.54, 1.807) is 18.2 Å². The first-order valence-electron chi connectivity index (χ1n) is 8.85. The van der Waals surface area contributed by atoms with Crippen LogP contribution < -0.4 is 19.5 Å². The van der Waals surface area contributed by atoms with Crippen molar-refractivity contribution in [2.45, 2.75) is 4.90 Å². The maximum atomic E-state index is 13.1.